The van der Waals surface area contributed by atoms with Gasteiger partial charge in [-0.15, -0.1) is 0 Å². The summed E-state index contributed by atoms with van der Waals surface area (Å²) in [5.41, 5.74) is 1.74. The van der Waals surface area contributed by atoms with Gasteiger partial charge in [-0.1, -0.05) is 32.0 Å². The van der Waals surface area contributed by atoms with Gasteiger partial charge in [0.2, 0.25) is 0 Å². The van der Waals surface area contributed by atoms with Crippen LogP contribution in [0, 0.1) is 0 Å². The molecular formula is C19H25N3O. The van der Waals surface area contributed by atoms with E-state index in [9.17, 15) is 4.79 Å². The summed E-state index contributed by atoms with van der Waals surface area (Å²) in [6.45, 7) is 5.77. The fourth-order valence-electron chi connectivity index (χ4n) is 2.56. The van der Waals surface area contributed by atoms with Crippen LogP contribution in [0.2, 0.25) is 0 Å². The number of hydrogen-bond donors (Lipinski definition) is 0. The van der Waals surface area contributed by atoms with E-state index in [2.05, 4.69) is 18.8 Å². The van der Waals surface area contributed by atoms with E-state index in [0.717, 1.165) is 37.4 Å². The van der Waals surface area contributed by atoms with E-state index in [1.165, 1.54) is 0 Å². The number of benzene rings is 1. The first-order valence-corrected chi connectivity index (χ1v) is 8.21. The standard InChI is InChI=1S/C19H25N3O/c1-4-13-22(14-5-2)19(23)16-11-12-20-18(15-16)21(3)17-9-7-6-8-10-17/h6-12,15H,4-5,13-14H2,1-3H3. The van der Waals surface area contributed by atoms with Crippen molar-refractivity contribution in [1.29, 1.82) is 0 Å². The average molecular weight is 311 g/mol. The molecule has 122 valence electrons. The average Bonchev–Trinajstić information content (AvgIpc) is 2.61. The van der Waals surface area contributed by atoms with Gasteiger partial charge in [0, 0.05) is 37.6 Å². The minimum absolute atomic E-state index is 0.0822. The van der Waals surface area contributed by atoms with Crippen LogP contribution in [0.15, 0.2) is 48.7 Å². The lowest BCUT2D eigenvalue weighted by atomic mass is 10.2. The summed E-state index contributed by atoms with van der Waals surface area (Å²) in [4.78, 5) is 21.0. The molecule has 2 aromatic rings. The van der Waals surface area contributed by atoms with Crippen molar-refractivity contribution >= 4 is 17.4 Å². The maximum absolute atomic E-state index is 12.7. The molecule has 4 heteroatoms. The number of aromatic nitrogens is 1. The Morgan fingerprint density at radius 3 is 2.30 bits per heavy atom. The molecular weight excluding hydrogens is 286 g/mol. The van der Waals surface area contributed by atoms with Crippen molar-refractivity contribution in [3.8, 4) is 0 Å². The molecule has 0 fully saturated rings. The first-order valence-electron chi connectivity index (χ1n) is 8.21. The van der Waals surface area contributed by atoms with Crippen LogP contribution in [-0.4, -0.2) is 35.9 Å². The summed E-state index contributed by atoms with van der Waals surface area (Å²) in [5.74, 6) is 0.855. The zero-order valence-corrected chi connectivity index (χ0v) is 14.2. The Hall–Kier alpha value is -2.36. The van der Waals surface area contributed by atoms with Crippen LogP contribution in [0.4, 0.5) is 11.5 Å². The van der Waals surface area contributed by atoms with Crippen molar-refractivity contribution < 1.29 is 4.79 Å². The second kappa shape index (κ2) is 8.32. The minimum Gasteiger partial charge on any atom is -0.339 e. The van der Waals surface area contributed by atoms with Crippen LogP contribution >= 0.6 is 0 Å². The van der Waals surface area contributed by atoms with Gasteiger partial charge in [0.15, 0.2) is 0 Å². The van der Waals surface area contributed by atoms with Crippen molar-refractivity contribution in [2.24, 2.45) is 0 Å². The van der Waals surface area contributed by atoms with Crippen molar-refractivity contribution in [3.63, 3.8) is 0 Å². The fraction of sp³-hybridized carbons (Fsp3) is 0.368. The van der Waals surface area contributed by atoms with E-state index in [0.29, 0.717) is 5.56 Å². The van der Waals surface area contributed by atoms with E-state index in [1.807, 2.05) is 53.2 Å². The third-order valence-corrected chi connectivity index (χ3v) is 3.75. The number of para-hydroxylation sites is 1. The van der Waals surface area contributed by atoms with Crippen molar-refractivity contribution in [2.75, 3.05) is 25.0 Å². The zero-order chi connectivity index (χ0) is 16.7. The van der Waals surface area contributed by atoms with Gasteiger partial charge in [0.05, 0.1) is 0 Å². The molecule has 1 amide bonds. The van der Waals surface area contributed by atoms with Gasteiger partial charge >= 0.3 is 0 Å². The molecule has 0 bridgehead atoms. The van der Waals surface area contributed by atoms with Crippen LogP contribution in [0.25, 0.3) is 0 Å². The number of rotatable bonds is 7. The lowest BCUT2D eigenvalue weighted by Gasteiger charge is -2.23. The molecule has 1 aromatic carbocycles. The minimum atomic E-state index is 0.0822. The molecule has 0 spiro atoms. The molecule has 4 nitrogen and oxygen atoms in total. The first-order chi connectivity index (χ1) is 11.2. The second-order valence-electron chi connectivity index (χ2n) is 5.59. The predicted molar refractivity (Wildman–Crippen MR) is 95.2 cm³/mol. The van der Waals surface area contributed by atoms with Crippen molar-refractivity contribution in [3.05, 3.63) is 54.2 Å². The first kappa shape index (κ1) is 17.0. The Balaban J connectivity index is 2.23. The molecule has 0 aliphatic rings. The molecule has 0 aliphatic heterocycles. The van der Waals surface area contributed by atoms with Crippen LogP contribution in [0.1, 0.15) is 37.0 Å². The number of nitrogens with zero attached hydrogens (tertiary/aromatic N) is 3. The summed E-state index contributed by atoms with van der Waals surface area (Å²) in [6, 6.07) is 13.7. The third kappa shape index (κ3) is 4.31. The summed E-state index contributed by atoms with van der Waals surface area (Å²) >= 11 is 0. The number of pyridine rings is 1. The maximum Gasteiger partial charge on any atom is 0.254 e. The topological polar surface area (TPSA) is 36.4 Å². The third-order valence-electron chi connectivity index (χ3n) is 3.75. The van der Waals surface area contributed by atoms with Crippen LogP contribution in [-0.2, 0) is 0 Å². The van der Waals surface area contributed by atoms with Gasteiger partial charge < -0.3 is 9.80 Å². The Morgan fingerprint density at radius 2 is 1.70 bits per heavy atom. The summed E-state index contributed by atoms with van der Waals surface area (Å²) in [5, 5.41) is 0. The highest BCUT2D eigenvalue weighted by Gasteiger charge is 2.16. The van der Waals surface area contributed by atoms with E-state index in [-0.39, 0.29) is 5.91 Å². The monoisotopic (exact) mass is 311 g/mol. The highest BCUT2D eigenvalue weighted by Crippen LogP contribution is 2.22. The largest absolute Gasteiger partial charge is 0.339 e. The summed E-state index contributed by atoms with van der Waals surface area (Å²) < 4.78 is 0. The molecule has 0 saturated heterocycles. The Bertz CT molecular complexity index is 622. The maximum atomic E-state index is 12.7. The Morgan fingerprint density at radius 1 is 1.04 bits per heavy atom. The Labute approximate surface area is 138 Å². The highest BCUT2D eigenvalue weighted by molar-refractivity contribution is 5.95. The molecule has 1 aromatic heterocycles. The number of carbonyl (C=O) groups excluding carboxylic acids is 1. The molecule has 0 atom stereocenters. The number of hydrogen-bond acceptors (Lipinski definition) is 3. The zero-order valence-electron chi connectivity index (χ0n) is 14.2. The van der Waals surface area contributed by atoms with Crippen LogP contribution < -0.4 is 4.90 Å². The van der Waals surface area contributed by atoms with Crippen molar-refractivity contribution in [2.45, 2.75) is 26.7 Å². The molecule has 23 heavy (non-hydrogen) atoms. The molecule has 0 saturated carbocycles. The lowest BCUT2D eigenvalue weighted by molar-refractivity contribution is 0.0755. The van der Waals surface area contributed by atoms with Gasteiger partial charge in [-0.25, -0.2) is 4.98 Å². The van der Waals surface area contributed by atoms with E-state index in [4.69, 9.17) is 0 Å². The molecule has 0 radical (unpaired) electrons. The van der Waals surface area contributed by atoms with Gasteiger partial charge in [-0.3, -0.25) is 4.79 Å². The number of amides is 1. The number of anilines is 2. The fourth-order valence-corrected chi connectivity index (χ4v) is 2.56. The normalized spacial score (nSPS) is 10.4. The molecule has 0 unspecified atom stereocenters. The van der Waals surface area contributed by atoms with Gasteiger partial charge in [-0.2, -0.15) is 0 Å². The van der Waals surface area contributed by atoms with Crippen molar-refractivity contribution in [1.82, 2.24) is 9.88 Å². The van der Waals surface area contributed by atoms with Gasteiger partial charge in [0.25, 0.3) is 5.91 Å². The smallest absolute Gasteiger partial charge is 0.254 e. The Kier molecular flexibility index (Phi) is 6.15. The predicted octanol–water partition coefficient (Wildman–Crippen LogP) is 4.11. The molecule has 2 rings (SSSR count). The molecule has 0 N–H and O–H groups in total. The quantitative estimate of drug-likeness (QED) is 0.772. The molecule has 0 aliphatic carbocycles. The summed E-state index contributed by atoms with van der Waals surface area (Å²) in [7, 11) is 1.96. The summed E-state index contributed by atoms with van der Waals surface area (Å²) in [6.07, 6.45) is 3.64. The SMILES string of the molecule is CCCN(CCC)C(=O)c1ccnc(N(C)c2ccccc2)c1. The van der Waals surface area contributed by atoms with E-state index >= 15 is 0 Å². The van der Waals surface area contributed by atoms with E-state index < -0.39 is 0 Å². The van der Waals surface area contributed by atoms with Gasteiger partial charge in [-0.05, 0) is 37.1 Å². The highest BCUT2D eigenvalue weighted by atomic mass is 16.2. The molecule has 1 heterocycles. The van der Waals surface area contributed by atoms with E-state index in [1.54, 1.807) is 12.3 Å². The second-order valence-corrected chi connectivity index (χ2v) is 5.59. The van der Waals surface area contributed by atoms with Crippen LogP contribution in [0.3, 0.4) is 0 Å². The van der Waals surface area contributed by atoms with Crippen LogP contribution in [0.5, 0.6) is 0 Å². The number of carbonyl (C=O) groups is 1. The lowest BCUT2D eigenvalue weighted by Crippen LogP contribution is -2.32. The van der Waals surface area contributed by atoms with Gasteiger partial charge in [0.1, 0.15) is 5.82 Å².